The van der Waals surface area contributed by atoms with Crippen molar-refractivity contribution in [2.75, 3.05) is 37.0 Å². The third-order valence-electron chi connectivity index (χ3n) is 6.14. The monoisotopic (exact) mass is 569 g/mol. The second-order valence-electron chi connectivity index (χ2n) is 9.83. The van der Waals surface area contributed by atoms with Crippen LogP contribution in [0.4, 0.5) is 26.1 Å². The number of nitrogens with one attached hydrogen (secondary N) is 4. The lowest BCUT2D eigenvalue weighted by molar-refractivity contribution is -0.115. The average Bonchev–Trinajstić information content (AvgIpc) is 3.35. The number of aromatic nitrogens is 4. The van der Waals surface area contributed by atoms with Crippen LogP contribution in [0.1, 0.15) is 32.9 Å². The fourth-order valence-electron chi connectivity index (χ4n) is 4.11. The molecule has 11 nitrogen and oxygen atoms in total. The van der Waals surface area contributed by atoms with Gasteiger partial charge >= 0.3 is 0 Å². The van der Waals surface area contributed by atoms with Crippen molar-refractivity contribution < 1.29 is 28.2 Å². The largest absolute Gasteiger partial charge is 0.494 e. The zero-order valence-electron chi connectivity index (χ0n) is 23.1. The van der Waals surface area contributed by atoms with Crippen molar-refractivity contribution in [3.05, 3.63) is 60.1 Å². The molecule has 13 heteroatoms. The van der Waals surface area contributed by atoms with Gasteiger partial charge in [0.2, 0.25) is 5.91 Å². The van der Waals surface area contributed by atoms with Crippen molar-refractivity contribution in [1.29, 1.82) is 0 Å². The van der Waals surface area contributed by atoms with Crippen LogP contribution in [0.2, 0.25) is 0 Å². The highest BCUT2D eigenvalue weighted by molar-refractivity contribution is 5.96. The Morgan fingerprint density at radius 3 is 2.76 bits per heavy atom. The molecule has 0 saturated carbocycles. The zero-order valence-corrected chi connectivity index (χ0v) is 23.1. The van der Waals surface area contributed by atoms with Gasteiger partial charge in [0.25, 0.3) is 0 Å². The van der Waals surface area contributed by atoms with Gasteiger partial charge in [-0.05, 0) is 39.3 Å². The van der Waals surface area contributed by atoms with Gasteiger partial charge in [-0.25, -0.2) is 18.7 Å². The van der Waals surface area contributed by atoms with E-state index >= 15 is 0 Å². The number of anilines is 3. The van der Waals surface area contributed by atoms with Gasteiger partial charge in [0.15, 0.2) is 17.5 Å². The molecule has 2 aromatic heterocycles. The summed E-state index contributed by atoms with van der Waals surface area (Å²) in [6, 6.07) is 8.72. The van der Waals surface area contributed by atoms with E-state index in [9.17, 15) is 18.7 Å². The Labute approximate surface area is 235 Å². The Morgan fingerprint density at radius 1 is 1.15 bits per heavy atom. The number of fused-ring (bicyclic) bond motifs is 1. The number of halogens is 2. The summed E-state index contributed by atoms with van der Waals surface area (Å²) in [5.74, 6) is -0.834. The number of hydrogen-bond acceptors (Lipinski definition) is 9. The van der Waals surface area contributed by atoms with Crippen LogP contribution < -0.4 is 25.4 Å². The molecule has 0 unspecified atom stereocenters. The fourth-order valence-corrected chi connectivity index (χ4v) is 4.11. The predicted octanol–water partition coefficient (Wildman–Crippen LogP) is 4.08. The number of aliphatic hydroxyl groups is 1. The Balaban J connectivity index is 1.50. The molecular weight excluding hydrogens is 536 g/mol. The minimum absolute atomic E-state index is 0.0827. The normalized spacial score (nSPS) is 11.5. The van der Waals surface area contributed by atoms with Crippen LogP contribution in [0.3, 0.4) is 0 Å². The highest BCUT2D eigenvalue weighted by atomic mass is 19.2. The maximum Gasteiger partial charge on any atom is 0.230 e. The Bertz CT molecular complexity index is 1500. The third-order valence-corrected chi connectivity index (χ3v) is 6.14. The molecule has 0 radical (unpaired) electrons. The van der Waals surface area contributed by atoms with Crippen LogP contribution in [-0.4, -0.2) is 63.1 Å². The molecule has 2 heterocycles. The van der Waals surface area contributed by atoms with E-state index in [1.807, 2.05) is 20.8 Å². The van der Waals surface area contributed by atoms with Gasteiger partial charge in [-0.2, -0.15) is 5.10 Å². The molecule has 0 aliphatic carbocycles. The molecule has 41 heavy (non-hydrogen) atoms. The highest BCUT2D eigenvalue weighted by Crippen LogP contribution is 2.35. The zero-order chi connectivity index (χ0) is 29.4. The number of aliphatic hydroxyl groups excluding tert-OH is 1. The number of amides is 1. The van der Waals surface area contributed by atoms with Crippen molar-refractivity contribution in [2.24, 2.45) is 0 Å². The molecule has 0 aliphatic heterocycles. The van der Waals surface area contributed by atoms with Crippen molar-refractivity contribution in [3.8, 4) is 11.5 Å². The lowest BCUT2D eigenvalue weighted by atomic mass is 10.0. The van der Waals surface area contributed by atoms with E-state index in [1.165, 1.54) is 18.5 Å². The molecule has 5 N–H and O–H groups in total. The molecule has 4 rings (SSSR count). The number of nitrogens with zero attached hydrogens (tertiary/aromatic N) is 3. The van der Waals surface area contributed by atoms with E-state index in [-0.39, 0.29) is 24.3 Å². The molecule has 0 spiro atoms. The smallest absolute Gasteiger partial charge is 0.230 e. The average molecular weight is 570 g/mol. The van der Waals surface area contributed by atoms with E-state index in [0.29, 0.717) is 65.9 Å². The summed E-state index contributed by atoms with van der Waals surface area (Å²) < 4.78 is 39.2. The second kappa shape index (κ2) is 13.3. The van der Waals surface area contributed by atoms with Crippen LogP contribution in [0.15, 0.2) is 42.7 Å². The number of carbonyl (C=O) groups is 1. The molecular formula is C28H33F2N7O4. The number of hydrogen-bond donors (Lipinski definition) is 5. The van der Waals surface area contributed by atoms with Crippen LogP contribution in [0, 0.1) is 11.6 Å². The lowest BCUT2D eigenvalue weighted by Gasteiger charge is -2.25. The number of benzene rings is 2. The summed E-state index contributed by atoms with van der Waals surface area (Å²) in [5, 5.41) is 25.7. The third kappa shape index (κ3) is 7.86. The van der Waals surface area contributed by atoms with E-state index in [1.54, 1.807) is 18.2 Å². The Hall–Kier alpha value is -4.36. The summed E-state index contributed by atoms with van der Waals surface area (Å²) in [4.78, 5) is 21.2. The van der Waals surface area contributed by atoms with Crippen LogP contribution in [0.25, 0.3) is 10.9 Å². The minimum Gasteiger partial charge on any atom is -0.494 e. The quantitative estimate of drug-likeness (QED) is 0.142. The summed E-state index contributed by atoms with van der Waals surface area (Å²) in [6.07, 6.45) is 1.85. The van der Waals surface area contributed by atoms with Gasteiger partial charge in [0.05, 0.1) is 29.6 Å². The summed E-state index contributed by atoms with van der Waals surface area (Å²) in [7, 11) is 0. The molecule has 0 fully saturated rings. The lowest BCUT2D eigenvalue weighted by Crippen LogP contribution is -2.42. The topological polar surface area (TPSA) is 146 Å². The number of carbonyl (C=O) groups excluding carboxylic acids is 1. The number of rotatable bonds is 14. The van der Waals surface area contributed by atoms with Gasteiger partial charge in [0.1, 0.15) is 30.3 Å². The van der Waals surface area contributed by atoms with Crippen molar-refractivity contribution in [3.63, 3.8) is 0 Å². The van der Waals surface area contributed by atoms with Gasteiger partial charge in [0, 0.05) is 42.6 Å². The van der Waals surface area contributed by atoms with E-state index in [4.69, 9.17) is 9.47 Å². The first-order chi connectivity index (χ1) is 19.7. The fraction of sp³-hybridized carbons (Fsp3) is 0.357. The van der Waals surface area contributed by atoms with E-state index in [0.717, 1.165) is 6.07 Å². The summed E-state index contributed by atoms with van der Waals surface area (Å²) >= 11 is 0. The molecule has 4 aromatic rings. The predicted molar refractivity (Wildman–Crippen MR) is 151 cm³/mol. The van der Waals surface area contributed by atoms with Gasteiger partial charge in [-0.15, -0.1) is 0 Å². The number of H-pyrrole nitrogens is 1. The minimum atomic E-state index is -1.13. The summed E-state index contributed by atoms with van der Waals surface area (Å²) in [6.45, 7) is 7.31. The molecule has 0 atom stereocenters. The van der Waals surface area contributed by atoms with Crippen LogP contribution in [-0.2, 0) is 11.2 Å². The molecule has 0 aliphatic rings. The van der Waals surface area contributed by atoms with Gasteiger partial charge in [-0.3, -0.25) is 9.89 Å². The van der Waals surface area contributed by atoms with Crippen LogP contribution >= 0.6 is 0 Å². The molecule has 2 aromatic carbocycles. The molecule has 0 bridgehead atoms. The Kier molecular flexibility index (Phi) is 9.63. The molecule has 1 amide bonds. The number of ether oxygens (including phenoxy) is 2. The maximum absolute atomic E-state index is 13.9. The summed E-state index contributed by atoms with van der Waals surface area (Å²) in [5.41, 5.74) is 0.533. The van der Waals surface area contributed by atoms with Crippen molar-refractivity contribution in [1.82, 2.24) is 25.5 Å². The van der Waals surface area contributed by atoms with Crippen molar-refractivity contribution in [2.45, 2.75) is 39.2 Å². The molecule has 218 valence electrons. The van der Waals surface area contributed by atoms with Crippen LogP contribution in [0.5, 0.6) is 11.5 Å². The number of aromatic amines is 1. The first-order valence-corrected chi connectivity index (χ1v) is 13.1. The highest BCUT2D eigenvalue weighted by Gasteiger charge is 2.18. The standard InChI is InChI=1S/C28H33F2N7O4/c1-4-40-18-14-21-25(22(15-18)41-11-9-33-28(2,3)8-10-38)27(32-16-31-21)35-23-12-17(36-37-23)13-24(39)34-20-7-5-6-19(29)26(20)30/h5-7,12,14-16,33,38H,4,8-11,13H2,1-3H3,(H,34,39)(H2,31,32,35,36,37). The SMILES string of the molecule is CCOc1cc(OCCNC(C)(C)CCO)c2c(Nc3cc(CC(=O)Nc4cccc(F)c4F)[nH]n3)ncnc2c1. The molecule has 0 saturated heterocycles. The second-order valence-corrected chi connectivity index (χ2v) is 9.83. The Morgan fingerprint density at radius 2 is 1.98 bits per heavy atom. The first-order valence-electron chi connectivity index (χ1n) is 13.1. The first kappa shape index (κ1) is 29.6. The van der Waals surface area contributed by atoms with Crippen molar-refractivity contribution >= 4 is 34.1 Å². The maximum atomic E-state index is 13.9. The van der Waals surface area contributed by atoms with E-state index in [2.05, 4.69) is 36.1 Å². The van der Waals surface area contributed by atoms with E-state index < -0.39 is 17.5 Å². The van der Waals surface area contributed by atoms with Gasteiger partial charge < -0.3 is 30.5 Å². The van der Waals surface area contributed by atoms with Gasteiger partial charge in [-0.1, -0.05) is 6.07 Å².